The van der Waals surface area contributed by atoms with Gasteiger partial charge in [0.15, 0.2) is 0 Å². The number of rotatable bonds is 6. The molecule has 3 rings (SSSR count). The Morgan fingerprint density at radius 1 is 1.19 bits per heavy atom. The molecule has 2 aromatic heterocycles. The van der Waals surface area contributed by atoms with Crippen molar-refractivity contribution in [3.8, 4) is 0 Å². The molecule has 0 aliphatic carbocycles. The van der Waals surface area contributed by atoms with E-state index in [-0.39, 0.29) is 12.2 Å². The second kappa shape index (κ2) is 9.43. The number of esters is 1. The van der Waals surface area contributed by atoms with Crippen LogP contribution in [0.1, 0.15) is 53.2 Å². The lowest BCUT2D eigenvalue weighted by atomic mass is 10.1. The van der Waals surface area contributed by atoms with E-state index in [2.05, 4.69) is 14.9 Å². The van der Waals surface area contributed by atoms with E-state index in [0.717, 1.165) is 13.1 Å². The zero-order valence-electron chi connectivity index (χ0n) is 16.0. The quantitative estimate of drug-likeness (QED) is 0.600. The molecule has 0 bridgehead atoms. The normalized spacial score (nSPS) is 16.2. The number of aromatic nitrogens is 2. The maximum atomic E-state index is 12.6. The Morgan fingerprint density at radius 3 is 2.59 bits per heavy atom. The molecule has 0 spiro atoms. The molecule has 0 aromatic carbocycles. The second-order valence-corrected chi connectivity index (χ2v) is 7.92. The van der Waals surface area contributed by atoms with Gasteiger partial charge in [-0.25, -0.2) is 9.78 Å². The van der Waals surface area contributed by atoms with Gasteiger partial charge in [0.1, 0.15) is 22.1 Å². The van der Waals surface area contributed by atoms with Crippen molar-refractivity contribution < 1.29 is 14.3 Å². The molecule has 3 heterocycles. The van der Waals surface area contributed by atoms with Gasteiger partial charge < -0.3 is 14.5 Å². The Kier molecular flexibility index (Phi) is 6.98. The van der Waals surface area contributed by atoms with Gasteiger partial charge >= 0.3 is 5.97 Å². The van der Waals surface area contributed by atoms with Gasteiger partial charge in [-0.05, 0) is 38.4 Å². The minimum atomic E-state index is -0.433. The molecule has 27 heavy (non-hydrogen) atoms. The summed E-state index contributed by atoms with van der Waals surface area (Å²) in [6.45, 7) is 4.99. The number of H-pyrrole nitrogens is 1. The fourth-order valence-corrected chi connectivity index (χ4v) is 4.52. The minimum Gasteiger partial charge on any atom is -0.459 e. The van der Waals surface area contributed by atoms with Gasteiger partial charge in [-0.15, -0.1) is 11.3 Å². The number of likely N-dealkylation sites (tertiary alicyclic amines) is 1. The molecular weight excluding hydrogens is 366 g/mol. The van der Waals surface area contributed by atoms with Crippen LogP contribution in [0.3, 0.4) is 0 Å². The number of carbonyl (C=O) groups is 1. The molecule has 0 amide bonds. The van der Waals surface area contributed by atoms with Crippen LogP contribution in [0, 0.1) is 6.92 Å². The van der Waals surface area contributed by atoms with Crippen molar-refractivity contribution in [2.75, 3.05) is 33.4 Å². The van der Waals surface area contributed by atoms with Crippen molar-refractivity contribution in [2.24, 2.45) is 0 Å². The highest BCUT2D eigenvalue weighted by molar-refractivity contribution is 7.20. The van der Waals surface area contributed by atoms with Gasteiger partial charge in [0, 0.05) is 7.11 Å². The lowest BCUT2D eigenvalue weighted by molar-refractivity contribution is 0.0393. The Bertz CT molecular complexity index is 837. The second-order valence-electron chi connectivity index (χ2n) is 6.92. The molecule has 0 atom stereocenters. The number of methoxy groups -OCH3 is 1. The van der Waals surface area contributed by atoms with Crippen molar-refractivity contribution >= 4 is 27.5 Å². The molecule has 0 saturated carbocycles. The molecule has 1 fully saturated rings. The lowest BCUT2D eigenvalue weighted by Gasteiger charge is -2.23. The average Bonchev–Trinajstić information content (AvgIpc) is 2.94. The highest BCUT2D eigenvalue weighted by Crippen LogP contribution is 2.27. The molecule has 1 aliphatic heterocycles. The summed E-state index contributed by atoms with van der Waals surface area (Å²) in [7, 11) is 1.55. The van der Waals surface area contributed by atoms with Gasteiger partial charge in [-0.2, -0.15) is 0 Å². The maximum absolute atomic E-state index is 12.6. The van der Waals surface area contributed by atoms with Crippen molar-refractivity contribution in [3.63, 3.8) is 0 Å². The average molecular weight is 394 g/mol. The lowest BCUT2D eigenvalue weighted by Crippen LogP contribution is -2.28. The highest BCUT2D eigenvalue weighted by Gasteiger charge is 2.21. The summed E-state index contributed by atoms with van der Waals surface area (Å²) in [5.74, 6) is 0.228. The maximum Gasteiger partial charge on any atom is 0.348 e. The largest absolute Gasteiger partial charge is 0.459 e. The Hall–Kier alpha value is -1.77. The van der Waals surface area contributed by atoms with Gasteiger partial charge in [0.25, 0.3) is 5.56 Å². The summed E-state index contributed by atoms with van der Waals surface area (Å²) in [4.78, 5) is 35.8. The first-order chi connectivity index (χ1) is 13.1. The van der Waals surface area contributed by atoms with Crippen LogP contribution in [0.5, 0.6) is 0 Å². The number of nitrogens with zero attached hydrogens (tertiary/aromatic N) is 2. The van der Waals surface area contributed by atoms with E-state index in [0.29, 0.717) is 39.6 Å². The molecule has 1 N–H and O–H groups in total. The number of aryl methyl sites for hydroxylation is 1. The first-order valence-corrected chi connectivity index (χ1v) is 10.3. The van der Waals surface area contributed by atoms with E-state index in [1.807, 2.05) is 0 Å². The molecule has 1 aliphatic rings. The van der Waals surface area contributed by atoms with Crippen LogP contribution in [0.4, 0.5) is 0 Å². The van der Waals surface area contributed by atoms with Gasteiger partial charge in [-0.3, -0.25) is 9.69 Å². The van der Waals surface area contributed by atoms with Crippen molar-refractivity contribution in [3.05, 3.63) is 26.6 Å². The first-order valence-electron chi connectivity index (χ1n) is 9.51. The molecule has 1 saturated heterocycles. The standard InChI is InChI=1S/C19H27N3O4S/c1-13-15-17(23)20-14(12-22-8-6-4-3-5-7-9-22)21-18(15)27-16(13)19(24)26-11-10-25-2/h3-12H2,1-2H3,(H,20,21,23). The molecule has 0 unspecified atom stereocenters. The zero-order chi connectivity index (χ0) is 19.2. The summed E-state index contributed by atoms with van der Waals surface area (Å²) < 4.78 is 10.1. The Balaban J connectivity index is 1.81. The number of nitrogens with one attached hydrogen (secondary N) is 1. The van der Waals surface area contributed by atoms with Gasteiger partial charge in [-0.1, -0.05) is 19.3 Å². The smallest absolute Gasteiger partial charge is 0.348 e. The number of thiophene rings is 1. The fraction of sp³-hybridized carbons (Fsp3) is 0.632. The van der Waals surface area contributed by atoms with E-state index in [1.165, 1.54) is 43.4 Å². The molecule has 0 radical (unpaired) electrons. The van der Waals surface area contributed by atoms with Crippen LogP contribution in [-0.2, 0) is 16.0 Å². The SMILES string of the molecule is COCCOC(=O)c1sc2nc(CN3CCCCCCC3)[nH]c(=O)c2c1C. The van der Waals surface area contributed by atoms with E-state index >= 15 is 0 Å². The first kappa shape index (κ1) is 20.0. The van der Waals surface area contributed by atoms with Crippen LogP contribution in [-0.4, -0.2) is 54.3 Å². The predicted octanol–water partition coefficient (Wildman–Crippen LogP) is 2.86. The fourth-order valence-electron chi connectivity index (χ4n) is 3.42. The van der Waals surface area contributed by atoms with Gasteiger partial charge in [0.05, 0.1) is 18.5 Å². The summed E-state index contributed by atoms with van der Waals surface area (Å²) in [6.07, 6.45) is 6.20. The van der Waals surface area contributed by atoms with Crippen LogP contribution in [0.25, 0.3) is 10.2 Å². The van der Waals surface area contributed by atoms with E-state index in [1.54, 1.807) is 14.0 Å². The zero-order valence-corrected chi connectivity index (χ0v) is 16.8. The molecular formula is C19H27N3O4S. The van der Waals surface area contributed by atoms with Crippen LogP contribution >= 0.6 is 11.3 Å². The number of ether oxygens (including phenoxy) is 2. The number of hydrogen-bond acceptors (Lipinski definition) is 7. The highest BCUT2D eigenvalue weighted by atomic mass is 32.1. The van der Waals surface area contributed by atoms with Crippen molar-refractivity contribution in [1.29, 1.82) is 0 Å². The van der Waals surface area contributed by atoms with Crippen LogP contribution in [0.2, 0.25) is 0 Å². The van der Waals surface area contributed by atoms with E-state index in [9.17, 15) is 9.59 Å². The Labute approximate surface area is 162 Å². The summed E-state index contributed by atoms with van der Waals surface area (Å²) in [6, 6.07) is 0. The van der Waals surface area contributed by atoms with Crippen molar-refractivity contribution in [2.45, 2.75) is 45.6 Å². The third-order valence-corrected chi connectivity index (χ3v) is 6.04. The number of hydrogen-bond donors (Lipinski definition) is 1. The Morgan fingerprint density at radius 2 is 1.89 bits per heavy atom. The van der Waals surface area contributed by atoms with Crippen LogP contribution in [0.15, 0.2) is 4.79 Å². The molecule has 8 heteroatoms. The van der Waals surface area contributed by atoms with E-state index < -0.39 is 5.97 Å². The third-order valence-electron chi connectivity index (χ3n) is 4.88. The summed E-state index contributed by atoms with van der Waals surface area (Å²) in [5.41, 5.74) is 0.440. The monoisotopic (exact) mass is 393 g/mol. The molecule has 7 nitrogen and oxygen atoms in total. The number of aromatic amines is 1. The number of fused-ring (bicyclic) bond motifs is 1. The van der Waals surface area contributed by atoms with Crippen LogP contribution < -0.4 is 5.56 Å². The summed E-state index contributed by atoms with van der Waals surface area (Å²) in [5, 5.41) is 0.482. The van der Waals surface area contributed by atoms with Gasteiger partial charge in [0.2, 0.25) is 0 Å². The third kappa shape index (κ3) is 4.94. The predicted molar refractivity (Wildman–Crippen MR) is 105 cm³/mol. The minimum absolute atomic E-state index is 0.188. The van der Waals surface area contributed by atoms with Crippen molar-refractivity contribution in [1.82, 2.24) is 14.9 Å². The topological polar surface area (TPSA) is 84.5 Å². The molecule has 148 valence electrons. The van der Waals surface area contributed by atoms with E-state index in [4.69, 9.17) is 9.47 Å². The summed E-state index contributed by atoms with van der Waals surface area (Å²) >= 11 is 1.22. The number of carbonyl (C=O) groups excluding carboxylic acids is 1. The molecule has 2 aromatic rings.